The lowest BCUT2D eigenvalue weighted by Gasteiger charge is -2.17. The summed E-state index contributed by atoms with van der Waals surface area (Å²) >= 11 is 7.88. The second-order valence-electron chi connectivity index (χ2n) is 3.84. The summed E-state index contributed by atoms with van der Waals surface area (Å²) in [4.78, 5) is 0. The molecule has 0 radical (unpaired) electrons. The monoisotopic (exact) mass is 386 g/mol. The summed E-state index contributed by atoms with van der Waals surface area (Å²) in [7, 11) is -3.41. The number of nitrogens with zero attached hydrogens (tertiary/aromatic N) is 1. The van der Waals surface area contributed by atoms with E-state index in [9.17, 15) is 8.42 Å². The quantitative estimate of drug-likeness (QED) is 0.812. The molecule has 0 amide bonds. The molecular formula is C10H12ClIN2O2S. The van der Waals surface area contributed by atoms with Crippen LogP contribution in [0.1, 0.15) is 12.8 Å². The van der Waals surface area contributed by atoms with Crippen molar-refractivity contribution < 1.29 is 8.42 Å². The molecule has 94 valence electrons. The van der Waals surface area contributed by atoms with Crippen LogP contribution in [0.4, 0.5) is 5.69 Å². The highest BCUT2D eigenvalue weighted by Gasteiger charge is 2.25. The number of hydrogen-bond donors (Lipinski definition) is 1. The Kier molecular flexibility index (Phi) is 4.17. The normalized spacial score (nSPS) is 17.3. The summed E-state index contributed by atoms with van der Waals surface area (Å²) in [5.41, 5.74) is 0.571. The van der Waals surface area contributed by atoms with Crippen molar-refractivity contribution in [1.82, 2.24) is 4.31 Å². The standard InChI is InChI=1S/C10H12ClIN2O2S/c11-8-3-4-10(9(12)7-8)13-17(15,16)14-5-1-2-6-14/h3-4,7,13H,1-2,5-6H2. The van der Waals surface area contributed by atoms with E-state index in [2.05, 4.69) is 27.3 Å². The maximum absolute atomic E-state index is 12.0. The lowest BCUT2D eigenvalue weighted by atomic mass is 10.3. The van der Waals surface area contributed by atoms with Crippen LogP contribution in [0.3, 0.4) is 0 Å². The van der Waals surface area contributed by atoms with Crippen LogP contribution in [0.5, 0.6) is 0 Å². The summed E-state index contributed by atoms with van der Waals surface area (Å²) < 4.78 is 28.9. The Hall–Kier alpha value is -0.0500. The van der Waals surface area contributed by atoms with Crippen molar-refractivity contribution in [1.29, 1.82) is 0 Å². The van der Waals surface area contributed by atoms with E-state index >= 15 is 0 Å². The van der Waals surface area contributed by atoms with Gasteiger partial charge in [0.25, 0.3) is 0 Å². The van der Waals surface area contributed by atoms with Gasteiger partial charge in [-0.25, -0.2) is 0 Å². The first kappa shape index (κ1) is 13.4. The number of benzene rings is 1. The highest BCUT2D eigenvalue weighted by Crippen LogP contribution is 2.24. The molecule has 1 heterocycles. The van der Waals surface area contributed by atoms with E-state index in [1.54, 1.807) is 18.2 Å². The Morgan fingerprint density at radius 1 is 1.29 bits per heavy atom. The van der Waals surface area contributed by atoms with Gasteiger partial charge < -0.3 is 0 Å². The molecule has 1 aliphatic heterocycles. The van der Waals surface area contributed by atoms with Crippen LogP contribution in [-0.2, 0) is 10.2 Å². The Balaban J connectivity index is 2.19. The summed E-state index contributed by atoms with van der Waals surface area (Å²) in [5, 5.41) is 0.596. The summed E-state index contributed by atoms with van der Waals surface area (Å²) in [6.45, 7) is 1.19. The van der Waals surface area contributed by atoms with Crippen LogP contribution in [0.2, 0.25) is 5.02 Å². The van der Waals surface area contributed by atoms with Crippen LogP contribution < -0.4 is 4.72 Å². The number of nitrogens with one attached hydrogen (secondary N) is 1. The van der Waals surface area contributed by atoms with Crippen LogP contribution in [0, 0.1) is 3.57 Å². The highest BCUT2D eigenvalue weighted by atomic mass is 127. The van der Waals surface area contributed by atoms with E-state index in [0.29, 0.717) is 23.8 Å². The van der Waals surface area contributed by atoms with Gasteiger partial charge in [-0.2, -0.15) is 12.7 Å². The first-order chi connectivity index (χ1) is 7.99. The van der Waals surface area contributed by atoms with E-state index in [1.165, 1.54) is 4.31 Å². The number of hydrogen-bond acceptors (Lipinski definition) is 2. The van der Waals surface area contributed by atoms with Crippen LogP contribution in [-0.4, -0.2) is 25.8 Å². The van der Waals surface area contributed by atoms with Crippen molar-refractivity contribution in [2.75, 3.05) is 17.8 Å². The zero-order valence-corrected chi connectivity index (χ0v) is 12.7. The maximum Gasteiger partial charge on any atom is 0.301 e. The molecule has 1 N–H and O–H groups in total. The Morgan fingerprint density at radius 2 is 1.94 bits per heavy atom. The fourth-order valence-electron chi connectivity index (χ4n) is 1.70. The van der Waals surface area contributed by atoms with Gasteiger partial charge in [-0.3, -0.25) is 4.72 Å². The fraction of sp³-hybridized carbons (Fsp3) is 0.400. The lowest BCUT2D eigenvalue weighted by molar-refractivity contribution is 0.482. The van der Waals surface area contributed by atoms with Gasteiger partial charge in [-0.1, -0.05) is 11.6 Å². The van der Waals surface area contributed by atoms with Crippen LogP contribution >= 0.6 is 34.2 Å². The van der Waals surface area contributed by atoms with Gasteiger partial charge in [0.2, 0.25) is 0 Å². The van der Waals surface area contributed by atoms with Gasteiger partial charge in [0.05, 0.1) is 5.69 Å². The van der Waals surface area contributed by atoms with Crippen LogP contribution in [0.15, 0.2) is 18.2 Å². The van der Waals surface area contributed by atoms with Crippen molar-refractivity contribution in [3.8, 4) is 0 Å². The highest BCUT2D eigenvalue weighted by molar-refractivity contribution is 14.1. The Morgan fingerprint density at radius 3 is 2.53 bits per heavy atom. The number of rotatable bonds is 3. The van der Waals surface area contributed by atoms with Gasteiger partial charge in [0.1, 0.15) is 0 Å². The molecule has 1 fully saturated rings. The minimum atomic E-state index is -3.41. The van der Waals surface area contributed by atoms with Crippen molar-refractivity contribution in [2.45, 2.75) is 12.8 Å². The smallest absolute Gasteiger partial charge is 0.270 e. The van der Waals surface area contributed by atoms with Gasteiger partial charge in [0, 0.05) is 21.7 Å². The van der Waals surface area contributed by atoms with Crippen molar-refractivity contribution in [2.24, 2.45) is 0 Å². The van der Waals surface area contributed by atoms with E-state index < -0.39 is 10.2 Å². The summed E-state index contributed by atoms with van der Waals surface area (Å²) in [6, 6.07) is 5.08. The number of halogens is 2. The van der Waals surface area contributed by atoms with Crippen molar-refractivity contribution in [3.63, 3.8) is 0 Å². The maximum atomic E-state index is 12.0. The molecule has 1 aromatic carbocycles. The molecule has 0 spiro atoms. The minimum Gasteiger partial charge on any atom is -0.270 e. The molecule has 4 nitrogen and oxygen atoms in total. The molecule has 7 heteroatoms. The lowest BCUT2D eigenvalue weighted by Crippen LogP contribution is -2.33. The number of anilines is 1. The van der Waals surface area contributed by atoms with Crippen molar-refractivity contribution in [3.05, 3.63) is 26.8 Å². The van der Waals surface area contributed by atoms with Gasteiger partial charge in [-0.05, 0) is 53.6 Å². The topological polar surface area (TPSA) is 49.4 Å². The third-order valence-corrected chi connectivity index (χ3v) is 5.23. The molecule has 0 atom stereocenters. The average molecular weight is 387 g/mol. The van der Waals surface area contributed by atoms with E-state index in [4.69, 9.17) is 11.6 Å². The first-order valence-electron chi connectivity index (χ1n) is 5.22. The summed E-state index contributed by atoms with van der Waals surface area (Å²) in [5.74, 6) is 0. The van der Waals surface area contributed by atoms with E-state index in [-0.39, 0.29) is 0 Å². The molecule has 0 aliphatic carbocycles. The third-order valence-electron chi connectivity index (χ3n) is 2.58. The fourth-order valence-corrected chi connectivity index (χ4v) is 4.22. The SMILES string of the molecule is O=S(=O)(Nc1ccc(Cl)cc1I)N1CCCC1. The van der Waals surface area contributed by atoms with E-state index in [0.717, 1.165) is 16.4 Å². The average Bonchev–Trinajstić information content (AvgIpc) is 2.76. The molecule has 1 saturated heterocycles. The zero-order valence-electron chi connectivity index (χ0n) is 8.99. The molecule has 1 aromatic rings. The molecule has 0 saturated carbocycles. The molecule has 1 aliphatic rings. The predicted molar refractivity (Wildman–Crippen MR) is 77.5 cm³/mol. The largest absolute Gasteiger partial charge is 0.301 e. The molecule has 17 heavy (non-hydrogen) atoms. The second-order valence-corrected chi connectivity index (χ2v) is 7.11. The molecule has 0 unspecified atom stereocenters. The molecular weight excluding hydrogens is 375 g/mol. The van der Waals surface area contributed by atoms with Gasteiger partial charge in [0.15, 0.2) is 0 Å². The van der Waals surface area contributed by atoms with E-state index in [1.807, 2.05) is 0 Å². The Labute approximate surface area is 120 Å². The minimum absolute atomic E-state index is 0.571. The van der Waals surface area contributed by atoms with Gasteiger partial charge in [-0.15, -0.1) is 0 Å². The first-order valence-corrected chi connectivity index (χ1v) is 8.12. The molecule has 0 bridgehead atoms. The molecule has 2 rings (SSSR count). The zero-order chi connectivity index (χ0) is 12.5. The van der Waals surface area contributed by atoms with Crippen molar-refractivity contribution >= 4 is 50.1 Å². The second kappa shape index (κ2) is 5.29. The Bertz CT molecular complexity index is 515. The predicted octanol–water partition coefficient (Wildman–Crippen LogP) is 2.70. The van der Waals surface area contributed by atoms with Gasteiger partial charge >= 0.3 is 10.2 Å². The molecule has 0 aromatic heterocycles. The summed E-state index contributed by atoms with van der Waals surface area (Å²) in [6.07, 6.45) is 1.86. The van der Waals surface area contributed by atoms with Crippen LogP contribution in [0.25, 0.3) is 0 Å². The third kappa shape index (κ3) is 3.24.